The van der Waals surface area contributed by atoms with E-state index in [-0.39, 0.29) is 5.91 Å². The van der Waals surface area contributed by atoms with Gasteiger partial charge in [0.15, 0.2) is 0 Å². The zero-order valence-electron chi connectivity index (χ0n) is 19.4. The number of carbonyl (C=O) groups excluding carboxylic acids is 1. The van der Waals surface area contributed by atoms with E-state index in [1.54, 1.807) is 13.3 Å². The lowest BCUT2D eigenvalue weighted by Gasteiger charge is -2.07. The third-order valence-electron chi connectivity index (χ3n) is 4.00. The Balaban J connectivity index is 0.00000148. The molecule has 0 saturated heterocycles. The van der Waals surface area contributed by atoms with Crippen LogP contribution in [0.15, 0.2) is 71.3 Å². The van der Waals surface area contributed by atoms with Gasteiger partial charge in [-0.25, -0.2) is 0 Å². The van der Waals surface area contributed by atoms with E-state index in [4.69, 9.17) is 4.74 Å². The Morgan fingerprint density at radius 2 is 1.47 bits per heavy atom. The molecule has 1 aromatic heterocycles. The first-order chi connectivity index (χ1) is 15.6. The number of halogens is 1. The highest BCUT2D eigenvalue weighted by Crippen LogP contribution is 2.22. The van der Waals surface area contributed by atoms with Crippen LogP contribution in [0.1, 0.15) is 39.0 Å². The van der Waals surface area contributed by atoms with E-state index in [0.717, 1.165) is 32.6 Å². The van der Waals surface area contributed by atoms with Crippen LogP contribution in [-0.4, -0.2) is 18.0 Å². The highest BCUT2D eigenvalue weighted by Gasteiger charge is 2.05. The molecule has 0 aliphatic heterocycles. The quantitative estimate of drug-likeness (QED) is 0.337. The molecule has 3 aromatic rings. The van der Waals surface area contributed by atoms with E-state index in [1.165, 1.54) is 0 Å². The van der Waals surface area contributed by atoms with E-state index in [0.29, 0.717) is 13.0 Å². The van der Waals surface area contributed by atoms with Crippen LogP contribution in [-0.2, 0) is 17.8 Å². The highest BCUT2D eigenvalue weighted by molar-refractivity contribution is 9.10. The first-order valence-electron chi connectivity index (χ1n) is 10.5. The van der Waals surface area contributed by atoms with Crippen molar-refractivity contribution in [2.24, 2.45) is 5.14 Å². The summed E-state index contributed by atoms with van der Waals surface area (Å²) in [5.74, 6) is 0.814. The molecule has 1 amide bonds. The van der Waals surface area contributed by atoms with Crippen LogP contribution in [0.2, 0.25) is 0 Å². The number of ether oxygens (including phenoxy) is 1. The van der Waals surface area contributed by atoms with Crippen molar-refractivity contribution in [2.75, 3.05) is 7.11 Å². The molecule has 0 atom stereocenters. The van der Waals surface area contributed by atoms with Crippen molar-refractivity contribution >= 4 is 34.7 Å². The summed E-state index contributed by atoms with van der Waals surface area (Å²) in [6, 6.07) is 19.7. The number of pyridine rings is 1. The third-order valence-corrected chi connectivity index (χ3v) is 4.47. The number of carbonyl (C=O) groups is 1. The number of thiol groups is 1. The number of nitrogens with two attached hydrogens (primary N) is 1. The largest absolute Gasteiger partial charge is 0.497 e. The number of aromatic nitrogens is 1. The molecule has 5 nitrogen and oxygen atoms in total. The SMILES string of the molecule is CC.CC.COc1ccc(-c2ccc(CC(=O)NCc3ccc(Br)cn3)cc2)cc1.NS. The smallest absolute Gasteiger partial charge is 0.224 e. The molecule has 3 rings (SSSR count). The minimum Gasteiger partial charge on any atom is -0.497 e. The number of nitrogens with zero attached hydrogens (tertiary/aromatic N) is 1. The molecule has 0 spiro atoms. The van der Waals surface area contributed by atoms with Crippen LogP contribution < -0.4 is 15.2 Å². The second kappa shape index (κ2) is 18.2. The summed E-state index contributed by atoms with van der Waals surface area (Å²) in [5.41, 5.74) is 4.03. The molecule has 0 radical (unpaired) electrons. The van der Waals surface area contributed by atoms with Gasteiger partial charge in [-0.3, -0.25) is 14.9 Å². The zero-order valence-corrected chi connectivity index (χ0v) is 21.9. The lowest BCUT2D eigenvalue weighted by atomic mass is 10.0. The Kier molecular flexibility index (Phi) is 16.9. The first-order valence-corrected chi connectivity index (χ1v) is 11.8. The van der Waals surface area contributed by atoms with Crippen LogP contribution in [0.5, 0.6) is 5.75 Å². The van der Waals surface area contributed by atoms with Gasteiger partial charge < -0.3 is 10.1 Å². The molecule has 0 saturated carbocycles. The fourth-order valence-electron chi connectivity index (χ4n) is 2.55. The zero-order chi connectivity index (χ0) is 24.4. The topological polar surface area (TPSA) is 77.2 Å². The van der Waals surface area contributed by atoms with E-state index in [2.05, 4.69) is 44.2 Å². The fraction of sp³-hybridized carbons (Fsp3) is 0.280. The van der Waals surface area contributed by atoms with Gasteiger partial charge in [0.2, 0.25) is 5.91 Å². The average Bonchev–Trinajstić information content (AvgIpc) is 2.88. The van der Waals surface area contributed by atoms with Crippen molar-refractivity contribution in [2.45, 2.75) is 40.7 Å². The number of nitrogens with one attached hydrogen (secondary N) is 1. The van der Waals surface area contributed by atoms with Gasteiger partial charge >= 0.3 is 0 Å². The predicted octanol–water partition coefficient (Wildman–Crippen LogP) is 6.22. The number of hydrogen-bond donors (Lipinski definition) is 3. The molecule has 0 aliphatic carbocycles. The van der Waals surface area contributed by atoms with Gasteiger partial charge in [0.1, 0.15) is 5.75 Å². The Hall–Kier alpha value is -2.35. The molecule has 2 aromatic carbocycles. The van der Waals surface area contributed by atoms with Gasteiger partial charge in [0, 0.05) is 10.7 Å². The molecule has 0 unspecified atom stereocenters. The molecule has 174 valence electrons. The van der Waals surface area contributed by atoms with Crippen molar-refractivity contribution in [1.29, 1.82) is 0 Å². The molecule has 0 aliphatic rings. The van der Waals surface area contributed by atoms with Gasteiger partial charge in [-0.05, 0) is 56.9 Å². The van der Waals surface area contributed by atoms with Crippen molar-refractivity contribution < 1.29 is 9.53 Å². The lowest BCUT2D eigenvalue weighted by molar-refractivity contribution is -0.120. The summed E-state index contributed by atoms with van der Waals surface area (Å²) in [6.07, 6.45) is 2.07. The third kappa shape index (κ3) is 10.8. The summed E-state index contributed by atoms with van der Waals surface area (Å²) >= 11 is 6.37. The molecule has 7 heteroatoms. The monoisotopic (exact) mass is 519 g/mol. The molecule has 0 bridgehead atoms. The van der Waals surface area contributed by atoms with Gasteiger partial charge in [0.05, 0.1) is 25.8 Å². The summed E-state index contributed by atoms with van der Waals surface area (Å²) in [4.78, 5) is 16.4. The second-order valence-electron chi connectivity index (χ2n) is 5.85. The second-order valence-corrected chi connectivity index (χ2v) is 6.76. The number of amides is 1. The molecule has 1 heterocycles. The minimum absolute atomic E-state index is 0.0214. The number of rotatable bonds is 6. The summed E-state index contributed by atoms with van der Waals surface area (Å²) in [6.45, 7) is 8.43. The summed E-state index contributed by atoms with van der Waals surface area (Å²) in [7, 11) is 1.65. The maximum Gasteiger partial charge on any atom is 0.224 e. The Bertz CT molecular complexity index is 871. The van der Waals surface area contributed by atoms with Gasteiger partial charge in [0.25, 0.3) is 0 Å². The maximum atomic E-state index is 12.1. The van der Waals surface area contributed by atoms with E-state index >= 15 is 0 Å². The van der Waals surface area contributed by atoms with Crippen molar-refractivity contribution in [3.63, 3.8) is 0 Å². The normalized spacial score (nSPS) is 9.00. The maximum absolute atomic E-state index is 12.1. The molecular weight excluding hydrogens is 486 g/mol. The Morgan fingerprint density at radius 3 is 1.94 bits per heavy atom. The van der Waals surface area contributed by atoms with Crippen LogP contribution >= 0.6 is 28.7 Å². The van der Waals surface area contributed by atoms with E-state index in [1.807, 2.05) is 88.4 Å². The van der Waals surface area contributed by atoms with Gasteiger partial charge in [-0.15, -0.1) is 12.8 Å². The molecular formula is C25H34BrN3O2S. The summed E-state index contributed by atoms with van der Waals surface area (Å²) in [5, 5.41) is 7.09. The molecule has 0 fully saturated rings. The number of hydrogen-bond acceptors (Lipinski definition) is 5. The standard InChI is InChI=1S/C21H19BrN2O2.2C2H6.H3NS/c1-26-20-10-6-17(7-11-20)16-4-2-15(3-5-16)12-21(25)24-14-19-9-8-18(22)13-23-19;3*1-2/h2-11,13H,12,14H2,1H3,(H,24,25);2*1-2H3;2H,1H2. The molecule has 3 N–H and O–H groups in total. The van der Waals surface area contributed by atoms with Gasteiger partial charge in [-0.2, -0.15) is 0 Å². The average molecular weight is 521 g/mol. The number of methoxy groups -OCH3 is 1. The molecule has 32 heavy (non-hydrogen) atoms. The van der Waals surface area contributed by atoms with E-state index < -0.39 is 0 Å². The predicted molar refractivity (Wildman–Crippen MR) is 142 cm³/mol. The van der Waals surface area contributed by atoms with Crippen molar-refractivity contribution in [1.82, 2.24) is 10.3 Å². The number of benzene rings is 2. The van der Waals surface area contributed by atoms with Crippen LogP contribution in [0.4, 0.5) is 0 Å². The fourth-order valence-corrected chi connectivity index (χ4v) is 2.78. The van der Waals surface area contributed by atoms with Gasteiger partial charge in [-0.1, -0.05) is 64.1 Å². The Morgan fingerprint density at radius 1 is 0.938 bits per heavy atom. The van der Waals surface area contributed by atoms with Crippen molar-refractivity contribution in [3.8, 4) is 16.9 Å². The Labute approximate surface area is 206 Å². The van der Waals surface area contributed by atoms with Crippen LogP contribution in [0.3, 0.4) is 0 Å². The van der Waals surface area contributed by atoms with Crippen LogP contribution in [0.25, 0.3) is 11.1 Å². The van der Waals surface area contributed by atoms with Crippen LogP contribution in [0, 0.1) is 0 Å². The van der Waals surface area contributed by atoms with E-state index in [9.17, 15) is 4.79 Å². The highest BCUT2D eigenvalue weighted by atomic mass is 79.9. The first kappa shape index (κ1) is 29.7. The lowest BCUT2D eigenvalue weighted by Crippen LogP contribution is -2.24. The van der Waals surface area contributed by atoms with Crippen molar-refractivity contribution in [3.05, 3.63) is 82.6 Å². The summed E-state index contributed by atoms with van der Waals surface area (Å²) < 4.78 is 6.10. The minimum atomic E-state index is -0.0214.